The van der Waals surface area contributed by atoms with E-state index in [2.05, 4.69) is 66.1 Å². The number of thioether (sulfide) groups is 1. The standard InChI is InChI=1S/C25H25NO2S/c1-17-16-22(28-18(2)27)25(29-3)24-23(17)20-13-7-8-14-21(20)26(24)15-9-12-19-10-5-4-6-11-19/h4-8,10-11,13-14,16H,9,12,15H2,1-3H3. The van der Waals surface area contributed by atoms with E-state index >= 15 is 0 Å². The zero-order valence-electron chi connectivity index (χ0n) is 17.1. The van der Waals surface area contributed by atoms with E-state index in [-0.39, 0.29) is 5.97 Å². The highest BCUT2D eigenvalue weighted by Crippen LogP contribution is 2.42. The van der Waals surface area contributed by atoms with Crippen molar-refractivity contribution in [2.45, 2.75) is 38.1 Å². The molecule has 0 bridgehead atoms. The molecule has 4 rings (SSSR count). The molecular weight excluding hydrogens is 378 g/mol. The fraction of sp³-hybridized carbons (Fsp3) is 0.240. The van der Waals surface area contributed by atoms with E-state index in [0.29, 0.717) is 5.75 Å². The van der Waals surface area contributed by atoms with Gasteiger partial charge in [-0.1, -0.05) is 48.5 Å². The van der Waals surface area contributed by atoms with Crippen LogP contribution in [0.15, 0.2) is 65.6 Å². The Hall–Kier alpha value is -2.72. The molecule has 0 saturated carbocycles. The number of carbonyl (C=O) groups is 1. The largest absolute Gasteiger partial charge is 0.425 e. The van der Waals surface area contributed by atoms with Crippen LogP contribution in [0.2, 0.25) is 0 Å². The van der Waals surface area contributed by atoms with Crippen molar-refractivity contribution in [3.63, 3.8) is 0 Å². The van der Waals surface area contributed by atoms with Gasteiger partial charge in [0.1, 0.15) is 5.75 Å². The summed E-state index contributed by atoms with van der Waals surface area (Å²) in [6, 6.07) is 21.2. The third-order valence-electron chi connectivity index (χ3n) is 5.30. The predicted molar refractivity (Wildman–Crippen MR) is 122 cm³/mol. The van der Waals surface area contributed by atoms with Crippen LogP contribution in [0.5, 0.6) is 5.75 Å². The minimum atomic E-state index is -0.286. The van der Waals surface area contributed by atoms with Crippen molar-refractivity contribution < 1.29 is 9.53 Å². The van der Waals surface area contributed by atoms with E-state index in [4.69, 9.17) is 4.74 Å². The summed E-state index contributed by atoms with van der Waals surface area (Å²) in [5.74, 6) is 0.368. The lowest BCUT2D eigenvalue weighted by Crippen LogP contribution is -2.05. The Morgan fingerprint density at radius 2 is 1.79 bits per heavy atom. The first-order chi connectivity index (χ1) is 14.1. The van der Waals surface area contributed by atoms with Crippen LogP contribution in [0.3, 0.4) is 0 Å². The van der Waals surface area contributed by atoms with Gasteiger partial charge in [0.25, 0.3) is 0 Å². The average Bonchev–Trinajstić information content (AvgIpc) is 3.04. The third kappa shape index (κ3) is 3.77. The SMILES string of the molecule is CSc1c(OC(C)=O)cc(C)c2c3ccccc3n(CCCc3ccccc3)c12. The Balaban J connectivity index is 1.86. The maximum Gasteiger partial charge on any atom is 0.308 e. The van der Waals surface area contributed by atoms with Crippen molar-refractivity contribution in [1.29, 1.82) is 0 Å². The Kier molecular flexibility index (Phi) is 5.63. The summed E-state index contributed by atoms with van der Waals surface area (Å²) in [5, 5.41) is 2.50. The molecule has 0 unspecified atom stereocenters. The van der Waals surface area contributed by atoms with E-state index in [1.165, 1.54) is 34.3 Å². The van der Waals surface area contributed by atoms with Gasteiger partial charge in [-0.25, -0.2) is 0 Å². The summed E-state index contributed by atoms with van der Waals surface area (Å²) in [5.41, 5.74) is 4.89. The second kappa shape index (κ2) is 8.34. The molecule has 0 spiro atoms. The lowest BCUT2D eigenvalue weighted by Gasteiger charge is -2.14. The van der Waals surface area contributed by atoms with E-state index in [0.717, 1.165) is 29.8 Å². The minimum absolute atomic E-state index is 0.286. The van der Waals surface area contributed by atoms with Gasteiger partial charge in [0.05, 0.1) is 10.4 Å². The first-order valence-electron chi connectivity index (χ1n) is 9.91. The van der Waals surface area contributed by atoms with E-state index in [1.54, 1.807) is 11.8 Å². The van der Waals surface area contributed by atoms with E-state index < -0.39 is 0 Å². The van der Waals surface area contributed by atoms with Crippen LogP contribution in [0.1, 0.15) is 24.5 Å². The van der Waals surface area contributed by atoms with Crippen molar-refractivity contribution in [2.75, 3.05) is 6.26 Å². The molecule has 3 nitrogen and oxygen atoms in total. The number of para-hydroxylation sites is 1. The topological polar surface area (TPSA) is 31.2 Å². The van der Waals surface area contributed by atoms with Crippen LogP contribution in [0.4, 0.5) is 0 Å². The van der Waals surface area contributed by atoms with Crippen LogP contribution in [-0.2, 0) is 17.8 Å². The van der Waals surface area contributed by atoms with Gasteiger partial charge in [-0.2, -0.15) is 0 Å². The van der Waals surface area contributed by atoms with Gasteiger partial charge < -0.3 is 9.30 Å². The van der Waals surface area contributed by atoms with Crippen molar-refractivity contribution in [1.82, 2.24) is 4.57 Å². The summed E-state index contributed by atoms with van der Waals surface area (Å²) in [4.78, 5) is 12.7. The molecule has 4 heteroatoms. The number of aromatic nitrogens is 1. The number of carbonyl (C=O) groups excluding carboxylic acids is 1. The molecule has 1 heterocycles. The number of hydrogen-bond acceptors (Lipinski definition) is 3. The minimum Gasteiger partial charge on any atom is -0.425 e. The molecular formula is C25H25NO2S. The van der Waals surface area contributed by atoms with Gasteiger partial charge in [0.2, 0.25) is 0 Å². The van der Waals surface area contributed by atoms with Gasteiger partial charge in [0.15, 0.2) is 0 Å². The Labute approximate surface area is 175 Å². The summed E-state index contributed by atoms with van der Waals surface area (Å²) in [7, 11) is 0. The maximum atomic E-state index is 11.7. The summed E-state index contributed by atoms with van der Waals surface area (Å²) in [6.45, 7) is 4.47. The molecule has 0 aliphatic heterocycles. The molecule has 4 aromatic rings. The van der Waals surface area contributed by atoms with Crippen molar-refractivity contribution in [3.05, 3.63) is 71.8 Å². The highest BCUT2D eigenvalue weighted by Gasteiger charge is 2.20. The number of benzene rings is 3. The second-order valence-electron chi connectivity index (χ2n) is 7.30. The van der Waals surface area contributed by atoms with Gasteiger partial charge in [-0.15, -0.1) is 11.8 Å². The van der Waals surface area contributed by atoms with Crippen LogP contribution in [0, 0.1) is 6.92 Å². The predicted octanol–water partition coefficient (Wildman–Crippen LogP) is 6.38. The fourth-order valence-corrected chi connectivity index (χ4v) is 4.84. The molecule has 1 aromatic heterocycles. The zero-order chi connectivity index (χ0) is 20.4. The third-order valence-corrected chi connectivity index (χ3v) is 6.10. The Bertz CT molecular complexity index is 1180. The molecule has 0 amide bonds. The molecule has 0 saturated heterocycles. The Morgan fingerprint density at radius 1 is 1.07 bits per heavy atom. The van der Waals surface area contributed by atoms with Gasteiger partial charge in [-0.3, -0.25) is 4.79 Å². The number of nitrogens with zero attached hydrogens (tertiary/aromatic N) is 1. The van der Waals surface area contributed by atoms with Gasteiger partial charge >= 0.3 is 5.97 Å². The number of hydrogen-bond donors (Lipinski definition) is 0. The van der Waals surface area contributed by atoms with Crippen molar-refractivity contribution >= 4 is 39.5 Å². The highest BCUT2D eigenvalue weighted by molar-refractivity contribution is 7.99. The molecule has 0 atom stereocenters. The first kappa shape index (κ1) is 19.6. The smallest absolute Gasteiger partial charge is 0.308 e. The molecule has 0 fully saturated rings. The number of ether oxygens (including phenoxy) is 1. The van der Waals surface area contributed by atoms with Crippen molar-refractivity contribution in [3.8, 4) is 5.75 Å². The van der Waals surface area contributed by atoms with Crippen LogP contribution < -0.4 is 4.74 Å². The highest BCUT2D eigenvalue weighted by atomic mass is 32.2. The zero-order valence-corrected chi connectivity index (χ0v) is 17.9. The molecule has 0 N–H and O–H groups in total. The van der Waals surface area contributed by atoms with Gasteiger partial charge in [-0.05, 0) is 49.3 Å². The fourth-order valence-electron chi connectivity index (χ4n) is 4.14. The van der Waals surface area contributed by atoms with Crippen LogP contribution in [0.25, 0.3) is 21.8 Å². The first-order valence-corrected chi connectivity index (χ1v) is 11.1. The Morgan fingerprint density at radius 3 is 2.52 bits per heavy atom. The summed E-state index contributed by atoms with van der Waals surface area (Å²) < 4.78 is 7.98. The van der Waals surface area contributed by atoms with E-state index in [9.17, 15) is 4.79 Å². The molecule has 3 aromatic carbocycles. The van der Waals surface area contributed by atoms with Crippen LogP contribution >= 0.6 is 11.8 Å². The number of fused-ring (bicyclic) bond motifs is 3. The summed E-state index contributed by atoms with van der Waals surface area (Å²) in [6.07, 6.45) is 4.12. The average molecular weight is 404 g/mol. The number of esters is 1. The monoisotopic (exact) mass is 403 g/mol. The van der Waals surface area contributed by atoms with Gasteiger partial charge in [0, 0.05) is 29.8 Å². The lowest BCUT2D eigenvalue weighted by molar-refractivity contribution is -0.132. The quantitative estimate of drug-likeness (QED) is 0.212. The molecule has 148 valence electrons. The number of rotatable bonds is 6. The molecule has 29 heavy (non-hydrogen) atoms. The number of aryl methyl sites for hydroxylation is 3. The molecule has 0 aliphatic rings. The normalized spacial score (nSPS) is 11.3. The van der Waals surface area contributed by atoms with Crippen LogP contribution in [-0.4, -0.2) is 16.8 Å². The molecule has 0 radical (unpaired) electrons. The van der Waals surface area contributed by atoms with E-state index in [1.807, 2.05) is 12.3 Å². The van der Waals surface area contributed by atoms with Crippen molar-refractivity contribution in [2.24, 2.45) is 0 Å². The lowest BCUT2D eigenvalue weighted by atomic mass is 10.1. The molecule has 0 aliphatic carbocycles. The maximum absolute atomic E-state index is 11.7. The summed E-state index contributed by atoms with van der Waals surface area (Å²) >= 11 is 1.64. The second-order valence-corrected chi connectivity index (χ2v) is 8.12.